The van der Waals surface area contributed by atoms with Crippen LogP contribution in [0.1, 0.15) is 24.8 Å². The van der Waals surface area contributed by atoms with Crippen molar-refractivity contribution in [2.45, 2.75) is 37.9 Å². The molecule has 1 aromatic carbocycles. The lowest BCUT2D eigenvalue weighted by atomic mass is 9.71. The van der Waals surface area contributed by atoms with Crippen molar-refractivity contribution in [3.05, 3.63) is 33.9 Å². The summed E-state index contributed by atoms with van der Waals surface area (Å²) >= 11 is 0. The van der Waals surface area contributed by atoms with E-state index < -0.39 is 10.3 Å². The quantitative estimate of drug-likeness (QED) is 0.628. The van der Waals surface area contributed by atoms with E-state index in [4.69, 9.17) is 9.47 Å². The Morgan fingerprint density at radius 1 is 1.52 bits per heavy atom. The number of fused-ring (bicyclic) bond motifs is 2. The van der Waals surface area contributed by atoms with Crippen molar-refractivity contribution >= 4 is 5.69 Å². The third-order valence-corrected chi connectivity index (χ3v) is 4.46. The van der Waals surface area contributed by atoms with Gasteiger partial charge in [0, 0.05) is 6.07 Å². The van der Waals surface area contributed by atoms with Crippen LogP contribution in [0.2, 0.25) is 0 Å². The molecule has 0 amide bonds. The number of methoxy groups -OCH3 is 1. The summed E-state index contributed by atoms with van der Waals surface area (Å²) in [4.78, 5) is 10.6. The Balaban J connectivity index is 1.92. The first kappa shape index (κ1) is 13.8. The molecule has 1 aromatic rings. The van der Waals surface area contributed by atoms with Gasteiger partial charge < -0.3 is 9.47 Å². The van der Waals surface area contributed by atoms with Gasteiger partial charge in [0.1, 0.15) is 5.75 Å². The first-order valence-electron chi connectivity index (χ1n) is 6.95. The molecule has 2 aliphatic rings. The molecule has 21 heavy (non-hydrogen) atoms. The van der Waals surface area contributed by atoms with Gasteiger partial charge in [-0.25, -0.2) is 0 Å². The first-order chi connectivity index (χ1) is 10.1. The highest BCUT2D eigenvalue weighted by molar-refractivity contribution is 5.43. The smallest absolute Gasteiger partial charge is 0.273 e. The molecular formula is C15H16N2O4. The summed E-state index contributed by atoms with van der Waals surface area (Å²) in [6.45, 7) is 0. The second-order valence-corrected chi connectivity index (χ2v) is 5.77. The molecule has 0 spiro atoms. The van der Waals surface area contributed by atoms with Gasteiger partial charge in [0.15, 0.2) is 0 Å². The predicted octanol–water partition coefficient (Wildman–Crippen LogP) is 2.61. The van der Waals surface area contributed by atoms with Gasteiger partial charge in [-0.3, -0.25) is 10.1 Å². The van der Waals surface area contributed by atoms with E-state index in [1.165, 1.54) is 19.2 Å². The Bertz CT molecular complexity index is 625. The Kier molecular flexibility index (Phi) is 3.30. The van der Waals surface area contributed by atoms with Crippen molar-refractivity contribution in [1.29, 1.82) is 5.26 Å². The monoisotopic (exact) mass is 288 g/mol. The maximum absolute atomic E-state index is 11.0. The number of hydrogen-bond donors (Lipinski definition) is 0. The molecule has 6 heteroatoms. The third-order valence-electron chi connectivity index (χ3n) is 4.46. The second kappa shape index (κ2) is 5.01. The molecule has 0 radical (unpaired) electrons. The molecule has 3 atom stereocenters. The lowest BCUT2D eigenvalue weighted by Gasteiger charge is -2.28. The summed E-state index contributed by atoms with van der Waals surface area (Å²) in [6.07, 6.45) is 3.17. The molecule has 2 aliphatic heterocycles. The van der Waals surface area contributed by atoms with E-state index >= 15 is 0 Å². The molecule has 3 unspecified atom stereocenters. The number of nitrogens with zero attached hydrogens (tertiary/aromatic N) is 2. The van der Waals surface area contributed by atoms with Gasteiger partial charge in [-0.2, -0.15) is 5.26 Å². The second-order valence-electron chi connectivity index (χ2n) is 5.77. The van der Waals surface area contributed by atoms with Crippen LogP contribution in [0.4, 0.5) is 5.69 Å². The lowest BCUT2D eigenvalue weighted by Crippen LogP contribution is -2.33. The minimum Gasteiger partial charge on any atom is -0.496 e. The van der Waals surface area contributed by atoms with Gasteiger partial charge >= 0.3 is 0 Å². The SMILES string of the molecule is COc1cc(CC2(C#N)CC3CCC2O3)cc([N+](=O)[O-])c1. The molecule has 3 rings (SSSR count). The van der Waals surface area contributed by atoms with Gasteiger partial charge in [-0.15, -0.1) is 0 Å². The number of nitriles is 1. The summed E-state index contributed by atoms with van der Waals surface area (Å²) in [5.74, 6) is 0.441. The Hall–Kier alpha value is -2.13. The van der Waals surface area contributed by atoms with Crippen molar-refractivity contribution < 1.29 is 14.4 Å². The van der Waals surface area contributed by atoms with E-state index in [1.54, 1.807) is 6.07 Å². The van der Waals surface area contributed by atoms with Gasteiger partial charge in [0.25, 0.3) is 5.69 Å². The summed E-state index contributed by atoms with van der Waals surface area (Å²) in [7, 11) is 1.48. The highest BCUT2D eigenvalue weighted by Crippen LogP contribution is 2.49. The molecule has 2 saturated heterocycles. The topological polar surface area (TPSA) is 85.4 Å². The number of non-ortho nitro benzene ring substituents is 1. The zero-order valence-corrected chi connectivity index (χ0v) is 11.7. The maximum atomic E-state index is 11.0. The van der Waals surface area contributed by atoms with Crippen LogP contribution in [0.15, 0.2) is 18.2 Å². The van der Waals surface area contributed by atoms with E-state index in [1.807, 2.05) is 0 Å². The molecular weight excluding hydrogens is 272 g/mol. The highest BCUT2D eigenvalue weighted by Gasteiger charge is 2.52. The fraction of sp³-hybridized carbons (Fsp3) is 0.533. The maximum Gasteiger partial charge on any atom is 0.273 e. The molecule has 0 aliphatic carbocycles. The Morgan fingerprint density at radius 3 is 2.86 bits per heavy atom. The van der Waals surface area contributed by atoms with E-state index in [-0.39, 0.29) is 17.9 Å². The number of nitro groups is 1. The molecule has 6 nitrogen and oxygen atoms in total. The van der Waals surface area contributed by atoms with E-state index in [9.17, 15) is 15.4 Å². The fourth-order valence-electron chi connectivity index (χ4n) is 3.48. The minimum atomic E-state index is -0.566. The predicted molar refractivity (Wildman–Crippen MR) is 73.9 cm³/mol. The molecule has 0 saturated carbocycles. The zero-order valence-electron chi connectivity index (χ0n) is 11.7. The van der Waals surface area contributed by atoms with Crippen LogP contribution in [0.3, 0.4) is 0 Å². The number of hydrogen-bond acceptors (Lipinski definition) is 5. The van der Waals surface area contributed by atoms with Crippen molar-refractivity contribution in [3.63, 3.8) is 0 Å². The first-order valence-corrected chi connectivity index (χ1v) is 6.95. The Morgan fingerprint density at radius 2 is 2.33 bits per heavy atom. The summed E-state index contributed by atoms with van der Waals surface area (Å²) < 4.78 is 10.9. The van der Waals surface area contributed by atoms with Crippen molar-refractivity contribution in [1.82, 2.24) is 0 Å². The Labute approximate surface area is 122 Å². The van der Waals surface area contributed by atoms with Crippen LogP contribution in [0, 0.1) is 26.9 Å². The number of nitro benzene ring substituents is 1. The van der Waals surface area contributed by atoms with Crippen molar-refractivity contribution in [2.75, 3.05) is 7.11 Å². The molecule has 0 aromatic heterocycles. The molecule has 110 valence electrons. The van der Waals surface area contributed by atoms with E-state index in [0.717, 1.165) is 18.4 Å². The average Bonchev–Trinajstić information content (AvgIpc) is 3.07. The van der Waals surface area contributed by atoms with Crippen LogP contribution in [0.25, 0.3) is 0 Å². The van der Waals surface area contributed by atoms with Crippen LogP contribution < -0.4 is 4.74 Å². The molecule has 2 fully saturated rings. The normalized spacial score (nSPS) is 30.1. The third kappa shape index (κ3) is 2.34. The lowest BCUT2D eigenvalue weighted by molar-refractivity contribution is -0.385. The standard InChI is InChI=1S/C15H16N2O4/c1-20-13-5-10(4-11(6-13)17(18)19)7-15(9-16)8-12-2-3-14(15)21-12/h4-6,12,14H,2-3,7-8H2,1H3. The molecule has 2 bridgehead atoms. The fourth-order valence-corrected chi connectivity index (χ4v) is 3.48. The van der Waals surface area contributed by atoms with Gasteiger partial charge in [-0.05, 0) is 37.3 Å². The van der Waals surface area contributed by atoms with Crippen LogP contribution in [-0.4, -0.2) is 24.2 Å². The van der Waals surface area contributed by atoms with Crippen molar-refractivity contribution in [3.8, 4) is 11.8 Å². The number of ether oxygens (including phenoxy) is 2. The summed E-state index contributed by atoms with van der Waals surface area (Å²) in [5, 5.41) is 20.6. The molecule has 2 heterocycles. The van der Waals surface area contributed by atoms with Gasteiger partial charge in [-0.1, -0.05) is 0 Å². The van der Waals surface area contributed by atoms with Gasteiger partial charge in [0.2, 0.25) is 0 Å². The van der Waals surface area contributed by atoms with E-state index in [2.05, 4.69) is 6.07 Å². The van der Waals surface area contributed by atoms with Crippen molar-refractivity contribution in [2.24, 2.45) is 5.41 Å². The largest absolute Gasteiger partial charge is 0.496 e. The highest BCUT2D eigenvalue weighted by atomic mass is 16.6. The number of rotatable bonds is 4. The van der Waals surface area contributed by atoms with Gasteiger partial charge in [0.05, 0.1) is 41.8 Å². The van der Waals surface area contributed by atoms with Crippen LogP contribution in [-0.2, 0) is 11.2 Å². The summed E-state index contributed by atoms with van der Waals surface area (Å²) in [5.41, 5.74) is 0.170. The average molecular weight is 288 g/mol. The summed E-state index contributed by atoms with van der Waals surface area (Å²) in [6, 6.07) is 7.08. The molecule has 0 N–H and O–H groups in total. The van der Waals surface area contributed by atoms with Crippen LogP contribution in [0.5, 0.6) is 5.75 Å². The number of benzene rings is 1. The van der Waals surface area contributed by atoms with E-state index in [0.29, 0.717) is 18.6 Å². The van der Waals surface area contributed by atoms with Crippen LogP contribution >= 0.6 is 0 Å². The minimum absolute atomic E-state index is 0.0125. The zero-order chi connectivity index (χ0) is 15.0.